The molecule has 2 heterocycles. The molecule has 0 radical (unpaired) electrons. The highest BCUT2D eigenvalue weighted by molar-refractivity contribution is 8.15. The maximum Gasteiger partial charge on any atom is 0.270 e. The normalized spacial score (nSPS) is 18.3. The first-order valence-electron chi connectivity index (χ1n) is 4.36. The molecule has 0 aromatic carbocycles. The molecule has 0 amide bonds. The van der Waals surface area contributed by atoms with Gasteiger partial charge in [-0.05, 0) is 18.6 Å². The Labute approximate surface area is 102 Å². The van der Waals surface area contributed by atoms with Crippen LogP contribution in [0.4, 0.5) is 0 Å². The second kappa shape index (κ2) is 3.95. The lowest BCUT2D eigenvalue weighted by Crippen LogP contribution is -2.41. The lowest BCUT2D eigenvalue weighted by molar-refractivity contribution is 0.310. The van der Waals surface area contributed by atoms with E-state index in [1.54, 1.807) is 0 Å². The van der Waals surface area contributed by atoms with E-state index in [4.69, 9.17) is 10.7 Å². The average molecular weight is 302 g/mol. The Morgan fingerprint density at radius 1 is 1.12 bits per heavy atom. The number of rotatable bonds is 3. The molecule has 5 nitrogen and oxygen atoms in total. The van der Waals surface area contributed by atoms with Gasteiger partial charge in [-0.2, -0.15) is 4.31 Å². The molecule has 1 aromatic rings. The Balaban J connectivity index is 2.39. The van der Waals surface area contributed by atoms with E-state index in [-0.39, 0.29) is 8.42 Å². The Morgan fingerprint density at radius 3 is 2.06 bits per heavy atom. The van der Waals surface area contributed by atoms with Gasteiger partial charge in [0.2, 0.25) is 0 Å². The number of sulfonamides is 1. The van der Waals surface area contributed by atoms with Gasteiger partial charge < -0.3 is 0 Å². The quantitative estimate of drug-likeness (QED) is 0.783. The Hall–Kier alpha value is -0.150. The van der Waals surface area contributed by atoms with Crippen LogP contribution in [-0.4, -0.2) is 34.2 Å². The third-order valence-electron chi connectivity index (χ3n) is 2.21. The molecule has 1 aliphatic heterocycles. The lowest BCUT2D eigenvalue weighted by atomic mass is 10.3. The maximum atomic E-state index is 11.9. The number of hydrogen-bond donors (Lipinski definition) is 0. The number of thiophene rings is 1. The van der Waals surface area contributed by atoms with Crippen LogP contribution in [-0.2, 0) is 19.1 Å². The molecule has 0 bridgehead atoms. The number of hydrogen-bond acceptors (Lipinski definition) is 5. The summed E-state index contributed by atoms with van der Waals surface area (Å²) in [6.45, 7) is 0.979. The van der Waals surface area contributed by atoms with Crippen molar-refractivity contribution in [1.29, 1.82) is 0 Å². The van der Waals surface area contributed by atoms with E-state index in [9.17, 15) is 16.8 Å². The first-order valence-corrected chi connectivity index (χ1v) is 8.93. The van der Waals surface area contributed by atoms with Gasteiger partial charge in [0.25, 0.3) is 19.1 Å². The van der Waals surface area contributed by atoms with E-state index in [2.05, 4.69) is 0 Å². The van der Waals surface area contributed by atoms with Crippen LogP contribution in [0.3, 0.4) is 0 Å². The monoisotopic (exact) mass is 301 g/mol. The van der Waals surface area contributed by atoms with Crippen LogP contribution >= 0.6 is 22.0 Å². The second-order valence-electron chi connectivity index (χ2n) is 3.27. The highest BCUT2D eigenvalue weighted by atomic mass is 35.7. The first-order chi connectivity index (χ1) is 7.32. The molecule has 1 fully saturated rings. The highest BCUT2D eigenvalue weighted by Gasteiger charge is 2.31. The molecule has 1 aliphatic rings. The van der Waals surface area contributed by atoms with Crippen LogP contribution in [0.25, 0.3) is 0 Å². The summed E-state index contributed by atoms with van der Waals surface area (Å²) < 4.78 is 46.9. The van der Waals surface area contributed by atoms with Crippen molar-refractivity contribution >= 4 is 41.1 Å². The van der Waals surface area contributed by atoms with Gasteiger partial charge in [0.15, 0.2) is 0 Å². The van der Waals surface area contributed by atoms with Gasteiger partial charge >= 0.3 is 0 Å². The third-order valence-corrected chi connectivity index (χ3v) is 7.75. The van der Waals surface area contributed by atoms with E-state index < -0.39 is 19.1 Å². The summed E-state index contributed by atoms with van der Waals surface area (Å²) >= 11 is 0.675. The van der Waals surface area contributed by atoms with Crippen molar-refractivity contribution < 1.29 is 16.8 Å². The van der Waals surface area contributed by atoms with Crippen molar-refractivity contribution in [2.75, 3.05) is 13.1 Å². The van der Waals surface area contributed by atoms with Crippen LogP contribution in [0.15, 0.2) is 20.6 Å². The van der Waals surface area contributed by atoms with Crippen LogP contribution in [0.5, 0.6) is 0 Å². The Bertz CT molecular complexity index is 599. The first kappa shape index (κ1) is 12.3. The van der Waals surface area contributed by atoms with Crippen molar-refractivity contribution in [2.45, 2.75) is 14.8 Å². The fourth-order valence-corrected chi connectivity index (χ4v) is 5.43. The summed E-state index contributed by atoms with van der Waals surface area (Å²) in [5, 5.41) is 0. The molecule has 16 heavy (non-hydrogen) atoms. The minimum absolute atomic E-state index is 0.0198. The zero-order chi connectivity index (χ0) is 12.0. The molecule has 1 saturated heterocycles. The molecule has 1 aromatic heterocycles. The molecule has 0 atom stereocenters. The zero-order valence-electron chi connectivity index (χ0n) is 7.96. The van der Waals surface area contributed by atoms with Crippen LogP contribution in [0.1, 0.15) is 6.42 Å². The topological polar surface area (TPSA) is 71.5 Å². The summed E-state index contributed by atoms with van der Waals surface area (Å²) in [4.78, 5) is 0. The van der Waals surface area contributed by atoms with E-state index in [0.717, 1.165) is 6.42 Å². The third kappa shape index (κ3) is 2.12. The molecule has 0 spiro atoms. The van der Waals surface area contributed by atoms with Gasteiger partial charge in [-0.1, -0.05) is 0 Å². The van der Waals surface area contributed by atoms with Gasteiger partial charge in [-0.3, -0.25) is 0 Å². The van der Waals surface area contributed by atoms with Crippen molar-refractivity contribution in [3.05, 3.63) is 12.1 Å². The van der Waals surface area contributed by atoms with E-state index >= 15 is 0 Å². The predicted molar refractivity (Wildman–Crippen MR) is 60.7 cm³/mol. The molecule has 0 aliphatic carbocycles. The molecule has 0 unspecified atom stereocenters. The molecule has 0 saturated carbocycles. The largest absolute Gasteiger partial charge is 0.270 e. The van der Waals surface area contributed by atoms with Gasteiger partial charge in [0.05, 0.1) is 0 Å². The zero-order valence-corrected chi connectivity index (χ0v) is 11.2. The van der Waals surface area contributed by atoms with E-state index in [0.29, 0.717) is 24.4 Å². The Morgan fingerprint density at radius 2 is 1.69 bits per heavy atom. The van der Waals surface area contributed by atoms with Crippen LogP contribution in [0, 0.1) is 0 Å². The van der Waals surface area contributed by atoms with Crippen molar-refractivity contribution in [3.63, 3.8) is 0 Å². The van der Waals surface area contributed by atoms with E-state index in [1.807, 2.05) is 0 Å². The summed E-state index contributed by atoms with van der Waals surface area (Å²) in [5.41, 5.74) is 0. The maximum absolute atomic E-state index is 11.9. The van der Waals surface area contributed by atoms with Crippen molar-refractivity contribution in [2.24, 2.45) is 0 Å². The molecule has 9 heteroatoms. The fraction of sp³-hybridized carbons (Fsp3) is 0.429. The summed E-state index contributed by atoms with van der Waals surface area (Å²) in [6, 6.07) is 2.48. The van der Waals surface area contributed by atoms with Crippen molar-refractivity contribution in [3.8, 4) is 0 Å². The SMILES string of the molecule is O=S(=O)(Cl)c1ccc(S(=O)(=O)N2CCC2)s1. The standard InChI is InChI=1S/C7H8ClNO4S3/c8-15(10,11)6-2-3-7(14-6)16(12,13)9-4-1-5-9/h2-3H,1,4-5H2. The van der Waals surface area contributed by atoms with Crippen LogP contribution in [0.2, 0.25) is 0 Å². The second-order valence-corrected chi connectivity index (χ2v) is 9.31. The van der Waals surface area contributed by atoms with Gasteiger partial charge in [0.1, 0.15) is 8.42 Å². The summed E-state index contributed by atoms with van der Waals surface area (Å²) in [5.74, 6) is 0. The van der Waals surface area contributed by atoms with Gasteiger partial charge in [0, 0.05) is 23.8 Å². The number of nitrogens with zero attached hydrogens (tertiary/aromatic N) is 1. The number of halogens is 1. The minimum atomic E-state index is -3.85. The molecular weight excluding hydrogens is 294 g/mol. The molecule has 0 N–H and O–H groups in total. The summed E-state index contributed by atoms with van der Waals surface area (Å²) in [7, 11) is -2.24. The molecule has 2 rings (SSSR count). The van der Waals surface area contributed by atoms with Crippen LogP contribution < -0.4 is 0 Å². The van der Waals surface area contributed by atoms with E-state index in [1.165, 1.54) is 16.4 Å². The predicted octanol–water partition coefficient (Wildman–Crippen LogP) is 1.07. The minimum Gasteiger partial charge on any atom is -0.206 e. The van der Waals surface area contributed by atoms with Gasteiger partial charge in [-0.25, -0.2) is 16.8 Å². The highest BCUT2D eigenvalue weighted by Crippen LogP contribution is 2.31. The van der Waals surface area contributed by atoms with Crippen molar-refractivity contribution in [1.82, 2.24) is 4.31 Å². The Kier molecular flexibility index (Phi) is 3.04. The molecule has 90 valence electrons. The molecular formula is C7H8ClNO4S3. The fourth-order valence-electron chi connectivity index (χ4n) is 1.23. The lowest BCUT2D eigenvalue weighted by Gasteiger charge is -2.28. The smallest absolute Gasteiger partial charge is 0.206 e. The average Bonchev–Trinajstić information content (AvgIpc) is 2.44. The summed E-state index contributed by atoms with van der Waals surface area (Å²) in [6.07, 6.45) is 0.839. The van der Waals surface area contributed by atoms with Gasteiger partial charge in [-0.15, -0.1) is 11.3 Å².